The highest BCUT2D eigenvalue weighted by Crippen LogP contribution is 2.34. The Morgan fingerprint density at radius 1 is 0.900 bits per heavy atom. The summed E-state index contributed by atoms with van der Waals surface area (Å²) in [4.78, 5) is 9.11. The average molecular weight is 268 g/mol. The Bertz CT molecular complexity index is 555. The van der Waals surface area contributed by atoms with Gasteiger partial charge in [0, 0.05) is 23.9 Å². The van der Waals surface area contributed by atoms with Crippen LogP contribution >= 0.6 is 0 Å². The SMILES string of the molecule is CC1CCC(c2ncc(-c3ccc(O)cc3)cn2)CC1. The van der Waals surface area contributed by atoms with Crippen LogP contribution in [0.4, 0.5) is 0 Å². The zero-order chi connectivity index (χ0) is 13.9. The fourth-order valence-electron chi connectivity index (χ4n) is 2.87. The number of hydrogen-bond donors (Lipinski definition) is 1. The molecule has 104 valence electrons. The third-order valence-corrected chi connectivity index (χ3v) is 4.25. The standard InChI is InChI=1S/C17H20N2O/c1-12-2-4-14(5-3-12)17-18-10-15(11-19-17)13-6-8-16(20)9-7-13/h6-12,14,20H,2-5H2,1H3. The van der Waals surface area contributed by atoms with Crippen molar-refractivity contribution >= 4 is 0 Å². The molecule has 1 aromatic carbocycles. The fourth-order valence-corrected chi connectivity index (χ4v) is 2.87. The number of rotatable bonds is 2. The molecule has 1 aliphatic rings. The number of hydrogen-bond acceptors (Lipinski definition) is 3. The van der Waals surface area contributed by atoms with Crippen LogP contribution < -0.4 is 0 Å². The van der Waals surface area contributed by atoms with Crippen LogP contribution in [0.25, 0.3) is 11.1 Å². The first-order valence-electron chi connectivity index (χ1n) is 7.33. The Labute approximate surface area is 119 Å². The van der Waals surface area contributed by atoms with Gasteiger partial charge in [0.05, 0.1) is 0 Å². The number of phenols is 1. The lowest BCUT2D eigenvalue weighted by Gasteiger charge is -2.24. The lowest BCUT2D eigenvalue weighted by Crippen LogP contribution is -2.13. The van der Waals surface area contributed by atoms with Crippen molar-refractivity contribution in [3.05, 3.63) is 42.5 Å². The molecule has 0 bridgehead atoms. The molecule has 0 amide bonds. The molecule has 0 atom stereocenters. The van der Waals surface area contributed by atoms with Gasteiger partial charge in [0.2, 0.25) is 0 Å². The second-order valence-corrected chi connectivity index (χ2v) is 5.83. The van der Waals surface area contributed by atoms with Crippen molar-refractivity contribution in [2.45, 2.75) is 38.5 Å². The van der Waals surface area contributed by atoms with Gasteiger partial charge in [-0.15, -0.1) is 0 Å². The first-order chi connectivity index (χ1) is 9.72. The molecule has 1 N–H and O–H groups in total. The van der Waals surface area contributed by atoms with Gasteiger partial charge in [0.1, 0.15) is 11.6 Å². The third kappa shape index (κ3) is 2.82. The minimum absolute atomic E-state index is 0.280. The van der Waals surface area contributed by atoms with Crippen LogP contribution in [0.15, 0.2) is 36.7 Å². The highest BCUT2D eigenvalue weighted by atomic mass is 16.3. The molecule has 3 nitrogen and oxygen atoms in total. The maximum atomic E-state index is 9.31. The van der Waals surface area contributed by atoms with Gasteiger partial charge in [-0.05, 0) is 36.5 Å². The van der Waals surface area contributed by atoms with E-state index < -0.39 is 0 Å². The van der Waals surface area contributed by atoms with Crippen molar-refractivity contribution in [2.75, 3.05) is 0 Å². The molecule has 0 saturated heterocycles. The summed E-state index contributed by atoms with van der Waals surface area (Å²) in [5, 5.41) is 9.31. The van der Waals surface area contributed by atoms with Crippen molar-refractivity contribution < 1.29 is 5.11 Å². The van der Waals surface area contributed by atoms with Crippen LogP contribution in [-0.4, -0.2) is 15.1 Å². The topological polar surface area (TPSA) is 46.0 Å². The molecule has 20 heavy (non-hydrogen) atoms. The van der Waals surface area contributed by atoms with Gasteiger partial charge in [-0.1, -0.05) is 31.9 Å². The second-order valence-electron chi connectivity index (χ2n) is 5.83. The van der Waals surface area contributed by atoms with Crippen molar-refractivity contribution in [1.82, 2.24) is 9.97 Å². The van der Waals surface area contributed by atoms with Crippen LogP contribution in [-0.2, 0) is 0 Å². The minimum atomic E-state index is 0.280. The maximum Gasteiger partial charge on any atom is 0.131 e. The molecule has 0 aliphatic heterocycles. The lowest BCUT2D eigenvalue weighted by molar-refractivity contribution is 0.339. The number of aromatic nitrogens is 2. The molecule has 0 spiro atoms. The second kappa shape index (κ2) is 5.61. The Morgan fingerprint density at radius 3 is 2.10 bits per heavy atom. The zero-order valence-electron chi connectivity index (χ0n) is 11.8. The van der Waals surface area contributed by atoms with E-state index in [1.807, 2.05) is 24.5 Å². The van der Waals surface area contributed by atoms with Crippen LogP contribution in [0, 0.1) is 5.92 Å². The summed E-state index contributed by atoms with van der Waals surface area (Å²) in [5.41, 5.74) is 2.03. The molecule has 1 aromatic heterocycles. The van der Waals surface area contributed by atoms with Gasteiger partial charge in [-0.3, -0.25) is 0 Å². The molecule has 1 saturated carbocycles. The number of nitrogens with zero attached hydrogens (tertiary/aromatic N) is 2. The molecule has 1 aliphatic carbocycles. The zero-order valence-corrected chi connectivity index (χ0v) is 11.8. The fraction of sp³-hybridized carbons (Fsp3) is 0.412. The van der Waals surface area contributed by atoms with E-state index in [2.05, 4.69) is 16.9 Å². The van der Waals surface area contributed by atoms with Gasteiger partial charge >= 0.3 is 0 Å². The molecule has 0 radical (unpaired) electrons. The van der Waals surface area contributed by atoms with Crippen molar-refractivity contribution in [1.29, 1.82) is 0 Å². The summed E-state index contributed by atoms with van der Waals surface area (Å²) in [6.45, 7) is 2.32. The Morgan fingerprint density at radius 2 is 1.50 bits per heavy atom. The smallest absolute Gasteiger partial charge is 0.131 e. The van der Waals surface area contributed by atoms with Crippen LogP contribution in [0.5, 0.6) is 5.75 Å². The van der Waals surface area contributed by atoms with E-state index >= 15 is 0 Å². The predicted molar refractivity (Wildman–Crippen MR) is 79.5 cm³/mol. The van der Waals surface area contributed by atoms with E-state index in [4.69, 9.17) is 0 Å². The van der Waals surface area contributed by atoms with Gasteiger partial charge in [0.25, 0.3) is 0 Å². The Kier molecular flexibility index (Phi) is 3.68. The quantitative estimate of drug-likeness (QED) is 0.890. The van der Waals surface area contributed by atoms with Crippen LogP contribution in [0.1, 0.15) is 44.3 Å². The van der Waals surface area contributed by atoms with E-state index in [1.54, 1.807) is 12.1 Å². The summed E-state index contributed by atoms with van der Waals surface area (Å²) in [7, 11) is 0. The molecule has 0 unspecified atom stereocenters. The van der Waals surface area contributed by atoms with Crippen molar-refractivity contribution in [2.24, 2.45) is 5.92 Å². The summed E-state index contributed by atoms with van der Waals surface area (Å²) in [5.74, 6) is 2.64. The molecule has 1 heterocycles. The molecule has 3 heteroatoms. The monoisotopic (exact) mass is 268 g/mol. The first kappa shape index (κ1) is 13.1. The van der Waals surface area contributed by atoms with Crippen LogP contribution in [0.2, 0.25) is 0 Å². The average Bonchev–Trinajstić information content (AvgIpc) is 2.49. The molecular formula is C17H20N2O. The van der Waals surface area contributed by atoms with Crippen LogP contribution in [0.3, 0.4) is 0 Å². The van der Waals surface area contributed by atoms with Gasteiger partial charge < -0.3 is 5.11 Å². The molecule has 3 rings (SSSR count). The Balaban J connectivity index is 1.76. The summed E-state index contributed by atoms with van der Waals surface area (Å²) in [6.07, 6.45) is 8.78. The lowest BCUT2D eigenvalue weighted by atomic mass is 9.82. The van der Waals surface area contributed by atoms with Crippen molar-refractivity contribution in [3.8, 4) is 16.9 Å². The maximum absolute atomic E-state index is 9.31. The predicted octanol–water partition coefficient (Wildman–Crippen LogP) is 4.14. The molecule has 2 aromatic rings. The normalized spacial score (nSPS) is 22.6. The highest BCUT2D eigenvalue weighted by molar-refractivity contribution is 5.62. The number of aromatic hydroxyl groups is 1. The first-order valence-corrected chi connectivity index (χ1v) is 7.33. The minimum Gasteiger partial charge on any atom is -0.508 e. The molecular weight excluding hydrogens is 248 g/mol. The molecule has 1 fully saturated rings. The largest absolute Gasteiger partial charge is 0.508 e. The number of phenolic OH excluding ortho intramolecular Hbond substituents is 1. The van der Waals surface area contributed by atoms with E-state index in [0.717, 1.165) is 22.9 Å². The van der Waals surface area contributed by atoms with E-state index in [1.165, 1.54) is 25.7 Å². The Hall–Kier alpha value is -1.90. The van der Waals surface area contributed by atoms with Gasteiger partial charge in [-0.2, -0.15) is 0 Å². The highest BCUT2D eigenvalue weighted by Gasteiger charge is 2.21. The van der Waals surface area contributed by atoms with E-state index in [0.29, 0.717) is 5.92 Å². The van der Waals surface area contributed by atoms with Gasteiger partial charge in [-0.25, -0.2) is 9.97 Å². The van der Waals surface area contributed by atoms with Crippen molar-refractivity contribution in [3.63, 3.8) is 0 Å². The van der Waals surface area contributed by atoms with E-state index in [-0.39, 0.29) is 5.75 Å². The number of benzene rings is 1. The summed E-state index contributed by atoms with van der Waals surface area (Å²) in [6, 6.07) is 7.14. The van der Waals surface area contributed by atoms with Gasteiger partial charge in [0.15, 0.2) is 0 Å². The summed E-state index contributed by atoms with van der Waals surface area (Å²) < 4.78 is 0. The van der Waals surface area contributed by atoms with E-state index in [9.17, 15) is 5.11 Å². The third-order valence-electron chi connectivity index (χ3n) is 4.25. The summed E-state index contributed by atoms with van der Waals surface area (Å²) >= 11 is 0.